The molecule has 9 heteroatoms. The summed E-state index contributed by atoms with van der Waals surface area (Å²) in [5.41, 5.74) is 1.98. The zero-order valence-corrected chi connectivity index (χ0v) is 15.4. The zero-order valence-electron chi connectivity index (χ0n) is 15.4. The standard InChI is InChI=1S/C19H19F3N4O2/c1-10(9-12-3-7-14(8-4-12)28-19(20,21)22)26-17-15(16(25-26)13-5-6-13)18(27)24-11(2)23-17/h3-4,7-8,10,13H,5-6,9H2,1-2H3,(H,23,24,27). The molecule has 1 fully saturated rings. The predicted octanol–water partition coefficient (Wildman–Crippen LogP) is 4.01. The van der Waals surface area contributed by atoms with E-state index in [0.717, 1.165) is 24.1 Å². The van der Waals surface area contributed by atoms with Crippen LogP contribution in [0.1, 0.15) is 48.8 Å². The Bertz CT molecular complexity index is 1070. The van der Waals surface area contributed by atoms with Crippen molar-refractivity contribution in [1.29, 1.82) is 0 Å². The second-order valence-electron chi connectivity index (χ2n) is 7.20. The number of aromatic amines is 1. The minimum Gasteiger partial charge on any atom is -0.406 e. The summed E-state index contributed by atoms with van der Waals surface area (Å²) in [6, 6.07) is 5.64. The summed E-state index contributed by atoms with van der Waals surface area (Å²) in [5, 5.41) is 5.21. The van der Waals surface area contributed by atoms with Gasteiger partial charge in [0.1, 0.15) is 17.0 Å². The van der Waals surface area contributed by atoms with E-state index < -0.39 is 6.36 Å². The number of hydrogen-bond acceptors (Lipinski definition) is 4. The maximum Gasteiger partial charge on any atom is 0.573 e. The van der Waals surface area contributed by atoms with E-state index in [2.05, 4.69) is 19.8 Å². The molecule has 148 valence electrons. The summed E-state index contributed by atoms with van der Waals surface area (Å²) in [7, 11) is 0. The van der Waals surface area contributed by atoms with Gasteiger partial charge < -0.3 is 9.72 Å². The van der Waals surface area contributed by atoms with E-state index in [4.69, 9.17) is 0 Å². The number of alkyl halides is 3. The monoisotopic (exact) mass is 392 g/mol. The largest absolute Gasteiger partial charge is 0.573 e. The minimum atomic E-state index is -4.71. The summed E-state index contributed by atoms with van der Waals surface area (Å²) < 4.78 is 42.5. The number of H-pyrrole nitrogens is 1. The lowest BCUT2D eigenvalue weighted by Crippen LogP contribution is -2.17. The van der Waals surface area contributed by atoms with Crippen LogP contribution in [-0.2, 0) is 6.42 Å². The summed E-state index contributed by atoms with van der Waals surface area (Å²) >= 11 is 0. The molecule has 1 aliphatic rings. The molecule has 1 unspecified atom stereocenters. The Morgan fingerprint density at radius 3 is 2.57 bits per heavy atom. The highest BCUT2D eigenvalue weighted by atomic mass is 19.4. The molecule has 2 heterocycles. The molecule has 3 aromatic rings. The van der Waals surface area contributed by atoms with E-state index in [0.29, 0.717) is 29.2 Å². The lowest BCUT2D eigenvalue weighted by molar-refractivity contribution is -0.274. The van der Waals surface area contributed by atoms with E-state index in [1.54, 1.807) is 23.7 Å². The molecule has 1 atom stereocenters. The summed E-state index contributed by atoms with van der Waals surface area (Å²) in [4.78, 5) is 19.7. The molecule has 0 amide bonds. The molecule has 4 rings (SSSR count). The number of fused-ring (bicyclic) bond motifs is 1. The van der Waals surface area contributed by atoms with Crippen molar-refractivity contribution < 1.29 is 17.9 Å². The van der Waals surface area contributed by atoms with Crippen molar-refractivity contribution in [3.05, 3.63) is 51.7 Å². The number of aryl methyl sites for hydroxylation is 1. The van der Waals surface area contributed by atoms with Gasteiger partial charge in [-0.1, -0.05) is 12.1 Å². The molecule has 28 heavy (non-hydrogen) atoms. The smallest absolute Gasteiger partial charge is 0.406 e. The lowest BCUT2D eigenvalue weighted by Gasteiger charge is -2.14. The number of ether oxygens (including phenoxy) is 1. The lowest BCUT2D eigenvalue weighted by atomic mass is 10.1. The maximum atomic E-state index is 12.4. The molecule has 1 aromatic carbocycles. The van der Waals surface area contributed by atoms with Crippen LogP contribution < -0.4 is 10.3 Å². The molecule has 1 aliphatic carbocycles. The number of nitrogens with one attached hydrogen (secondary N) is 1. The van der Waals surface area contributed by atoms with Crippen molar-refractivity contribution in [2.75, 3.05) is 0 Å². The average molecular weight is 392 g/mol. The first-order valence-electron chi connectivity index (χ1n) is 9.05. The van der Waals surface area contributed by atoms with E-state index in [1.165, 1.54) is 12.1 Å². The van der Waals surface area contributed by atoms with Crippen LogP contribution in [0.5, 0.6) is 5.75 Å². The van der Waals surface area contributed by atoms with Gasteiger partial charge in [-0.2, -0.15) is 5.10 Å². The van der Waals surface area contributed by atoms with Crippen LogP contribution in [0, 0.1) is 6.92 Å². The molecule has 2 aromatic heterocycles. The summed E-state index contributed by atoms with van der Waals surface area (Å²) in [6.07, 6.45) is -2.16. The van der Waals surface area contributed by atoms with E-state index >= 15 is 0 Å². The molecule has 0 aliphatic heterocycles. The van der Waals surface area contributed by atoms with Crippen molar-refractivity contribution in [2.45, 2.75) is 51.4 Å². The van der Waals surface area contributed by atoms with Crippen molar-refractivity contribution in [1.82, 2.24) is 19.7 Å². The van der Waals surface area contributed by atoms with Crippen LogP contribution in [-0.4, -0.2) is 26.1 Å². The molecule has 1 N–H and O–H groups in total. The number of halogens is 3. The van der Waals surface area contributed by atoms with Crippen molar-refractivity contribution in [3.63, 3.8) is 0 Å². The van der Waals surface area contributed by atoms with Gasteiger partial charge in [-0.25, -0.2) is 9.67 Å². The zero-order chi connectivity index (χ0) is 20.1. The van der Waals surface area contributed by atoms with Gasteiger partial charge in [-0.05, 0) is 50.8 Å². The molecule has 0 bridgehead atoms. The highest BCUT2D eigenvalue weighted by Gasteiger charge is 2.32. The van der Waals surface area contributed by atoms with Crippen molar-refractivity contribution >= 4 is 11.0 Å². The minimum absolute atomic E-state index is 0.127. The fraction of sp³-hybridized carbons (Fsp3) is 0.421. The predicted molar refractivity (Wildman–Crippen MR) is 96.4 cm³/mol. The number of benzene rings is 1. The van der Waals surface area contributed by atoms with Gasteiger partial charge in [0.15, 0.2) is 5.65 Å². The van der Waals surface area contributed by atoms with Gasteiger partial charge >= 0.3 is 6.36 Å². The second-order valence-corrected chi connectivity index (χ2v) is 7.20. The molecule has 0 spiro atoms. The Morgan fingerprint density at radius 2 is 1.96 bits per heavy atom. The van der Waals surface area contributed by atoms with Gasteiger partial charge in [0.2, 0.25) is 0 Å². The average Bonchev–Trinajstić information content (AvgIpc) is 3.36. The van der Waals surface area contributed by atoms with Gasteiger partial charge in [0, 0.05) is 5.92 Å². The van der Waals surface area contributed by atoms with Crippen molar-refractivity contribution in [3.8, 4) is 5.75 Å². The van der Waals surface area contributed by atoms with E-state index in [-0.39, 0.29) is 17.4 Å². The fourth-order valence-electron chi connectivity index (χ4n) is 3.39. The highest BCUT2D eigenvalue weighted by Crippen LogP contribution is 2.41. The first-order valence-corrected chi connectivity index (χ1v) is 9.05. The Labute approximate surface area is 158 Å². The van der Waals surface area contributed by atoms with Crippen LogP contribution >= 0.6 is 0 Å². The van der Waals surface area contributed by atoms with Crippen LogP contribution in [0.2, 0.25) is 0 Å². The summed E-state index contributed by atoms with van der Waals surface area (Å²) in [6.45, 7) is 3.67. The Balaban J connectivity index is 1.62. The molecular formula is C19H19F3N4O2. The molecular weight excluding hydrogens is 373 g/mol. The molecule has 1 saturated carbocycles. The number of rotatable bonds is 5. The number of hydrogen-bond donors (Lipinski definition) is 1. The fourth-order valence-corrected chi connectivity index (χ4v) is 3.39. The van der Waals surface area contributed by atoms with Gasteiger partial charge in [-0.3, -0.25) is 4.79 Å². The Hall–Kier alpha value is -2.84. The van der Waals surface area contributed by atoms with Crippen LogP contribution in [0.15, 0.2) is 29.1 Å². The van der Waals surface area contributed by atoms with Gasteiger partial charge in [0.05, 0.1) is 11.7 Å². The Kier molecular flexibility index (Phi) is 4.40. The van der Waals surface area contributed by atoms with Gasteiger partial charge in [-0.15, -0.1) is 13.2 Å². The first kappa shape index (κ1) is 18.5. The normalized spacial score (nSPS) is 15.8. The Morgan fingerprint density at radius 1 is 1.29 bits per heavy atom. The molecule has 6 nitrogen and oxygen atoms in total. The van der Waals surface area contributed by atoms with Crippen molar-refractivity contribution in [2.24, 2.45) is 0 Å². The third-order valence-corrected chi connectivity index (χ3v) is 4.78. The third kappa shape index (κ3) is 3.74. The molecule has 0 saturated heterocycles. The van der Waals surface area contributed by atoms with E-state index in [9.17, 15) is 18.0 Å². The first-order chi connectivity index (χ1) is 13.2. The third-order valence-electron chi connectivity index (χ3n) is 4.78. The van der Waals surface area contributed by atoms with Gasteiger partial charge in [0.25, 0.3) is 5.56 Å². The quantitative estimate of drug-likeness (QED) is 0.712. The van der Waals surface area contributed by atoms with Crippen LogP contribution in [0.4, 0.5) is 13.2 Å². The highest BCUT2D eigenvalue weighted by molar-refractivity contribution is 5.78. The van der Waals surface area contributed by atoms with E-state index in [1.807, 2.05) is 6.92 Å². The molecule has 0 radical (unpaired) electrons. The van der Waals surface area contributed by atoms with Crippen LogP contribution in [0.3, 0.4) is 0 Å². The SMILES string of the molecule is Cc1nc2c(c(C3CC3)nn2C(C)Cc2ccc(OC(F)(F)F)cc2)c(=O)[nH]1. The maximum absolute atomic E-state index is 12.4. The number of aromatic nitrogens is 4. The summed E-state index contributed by atoms with van der Waals surface area (Å²) in [5.74, 6) is 0.551. The van der Waals surface area contributed by atoms with Crippen LogP contribution in [0.25, 0.3) is 11.0 Å². The topological polar surface area (TPSA) is 72.8 Å². The number of nitrogens with zero attached hydrogens (tertiary/aromatic N) is 3. The second kappa shape index (κ2) is 6.65.